The highest BCUT2D eigenvalue weighted by atomic mass is 35.5. The van der Waals surface area contributed by atoms with Crippen LogP contribution in [0.5, 0.6) is 0 Å². The van der Waals surface area contributed by atoms with Gasteiger partial charge in [0.15, 0.2) is 0 Å². The zero-order valence-corrected chi connectivity index (χ0v) is 15.8. The molecular formula is C19H33ClN4. The molecule has 5 heteroatoms. The van der Waals surface area contributed by atoms with E-state index in [-0.39, 0.29) is 12.4 Å². The van der Waals surface area contributed by atoms with Gasteiger partial charge in [0, 0.05) is 37.3 Å². The molecule has 0 saturated carbocycles. The minimum atomic E-state index is 0. The normalized spacial score (nSPS) is 25.3. The van der Waals surface area contributed by atoms with Gasteiger partial charge in [-0.3, -0.25) is 0 Å². The maximum Gasteiger partial charge on any atom is 0.0962 e. The van der Waals surface area contributed by atoms with Gasteiger partial charge in [-0.2, -0.15) is 0 Å². The van der Waals surface area contributed by atoms with Gasteiger partial charge in [-0.1, -0.05) is 0 Å². The fourth-order valence-electron chi connectivity index (χ4n) is 4.08. The number of nitrogens with two attached hydrogens (primary N) is 1. The Kier molecular flexibility index (Phi) is 7.20. The van der Waals surface area contributed by atoms with Crippen LogP contribution in [0.4, 0.5) is 11.4 Å². The number of nitrogens with zero attached hydrogens (tertiary/aromatic N) is 3. The lowest BCUT2D eigenvalue weighted by Crippen LogP contribution is -3.00. The summed E-state index contributed by atoms with van der Waals surface area (Å²) in [6.07, 6.45) is 5.44. The number of quaternary nitrogens is 1. The third-order valence-corrected chi connectivity index (χ3v) is 5.66. The molecular weight excluding hydrogens is 320 g/mol. The second kappa shape index (κ2) is 8.93. The number of nitrogen functional groups attached to an aromatic ring is 1. The van der Waals surface area contributed by atoms with E-state index in [9.17, 15) is 0 Å². The van der Waals surface area contributed by atoms with Crippen LogP contribution in [0.1, 0.15) is 25.7 Å². The van der Waals surface area contributed by atoms with Crippen molar-refractivity contribution >= 4 is 11.4 Å². The summed E-state index contributed by atoms with van der Waals surface area (Å²) in [7, 11) is 2.45. The molecule has 24 heavy (non-hydrogen) atoms. The van der Waals surface area contributed by atoms with Gasteiger partial charge < -0.3 is 32.4 Å². The van der Waals surface area contributed by atoms with Gasteiger partial charge in [-0.05, 0) is 50.2 Å². The van der Waals surface area contributed by atoms with Crippen LogP contribution in [0.2, 0.25) is 0 Å². The standard InChI is InChI=1S/C19H33N4.ClH/c1-23(15-4-12-21-10-2-3-11-21)16-5-13-22(14-17-23)19-8-6-18(20)7-9-19;/h6-9H,2-5,10-17,20H2,1H3;1H/q+1;/p-1. The number of anilines is 2. The summed E-state index contributed by atoms with van der Waals surface area (Å²) >= 11 is 0. The minimum absolute atomic E-state index is 0. The highest BCUT2D eigenvalue weighted by Gasteiger charge is 2.26. The quantitative estimate of drug-likeness (QED) is 0.568. The monoisotopic (exact) mass is 352 g/mol. The van der Waals surface area contributed by atoms with E-state index in [0.717, 1.165) is 12.2 Å². The fraction of sp³-hybridized carbons (Fsp3) is 0.684. The summed E-state index contributed by atoms with van der Waals surface area (Å²) in [5.41, 5.74) is 7.99. The molecule has 1 unspecified atom stereocenters. The topological polar surface area (TPSA) is 32.5 Å². The first-order valence-electron chi connectivity index (χ1n) is 9.31. The number of likely N-dealkylation sites (tertiary alicyclic amines) is 1. The SMILES string of the molecule is C[N+]1(CCCN2CCCC2)CCCN(c2ccc(N)cc2)CC1.[Cl-]. The zero-order valence-electron chi connectivity index (χ0n) is 15.1. The van der Waals surface area contributed by atoms with Gasteiger partial charge in [-0.15, -0.1) is 0 Å². The fourth-order valence-corrected chi connectivity index (χ4v) is 4.08. The van der Waals surface area contributed by atoms with E-state index in [4.69, 9.17) is 5.73 Å². The Labute approximate surface area is 153 Å². The van der Waals surface area contributed by atoms with E-state index in [0.29, 0.717) is 0 Å². The molecule has 2 N–H and O–H groups in total. The first-order valence-corrected chi connectivity index (χ1v) is 9.31. The van der Waals surface area contributed by atoms with E-state index in [1.54, 1.807) is 0 Å². The highest BCUT2D eigenvalue weighted by Crippen LogP contribution is 2.20. The first-order chi connectivity index (χ1) is 11.1. The smallest absolute Gasteiger partial charge is 0.0962 e. The maximum absolute atomic E-state index is 5.81. The van der Waals surface area contributed by atoms with Crippen LogP contribution in [0, 0.1) is 0 Å². The Balaban J connectivity index is 0.00000208. The molecule has 1 aromatic carbocycles. The summed E-state index contributed by atoms with van der Waals surface area (Å²) in [6.45, 7) is 10.2. The number of hydrogen-bond acceptors (Lipinski definition) is 3. The molecule has 2 fully saturated rings. The average Bonchev–Trinajstić information content (AvgIpc) is 2.98. The average molecular weight is 353 g/mol. The molecule has 0 aliphatic carbocycles. The van der Waals surface area contributed by atoms with Crippen molar-refractivity contribution in [2.45, 2.75) is 25.7 Å². The number of benzene rings is 1. The Morgan fingerprint density at radius 2 is 1.67 bits per heavy atom. The molecule has 0 bridgehead atoms. The van der Waals surface area contributed by atoms with E-state index in [1.165, 1.54) is 81.7 Å². The largest absolute Gasteiger partial charge is 1.00 e. The van der Waals surface area contributed by atoms with Crippen LogP contribution in [0.3, 0.4) is 0 Å². The number of hydrogen-bond donors (Lipinski definition) is 1. The Morgan fingerprint density at radius 3 is 2.38 bits per heavy atom. The van der Waals surface area contributed by atoms with Gasteiger partial charge in [0.05, 0.1) is 33.2 Å². The van der Waals surface area contributed by atoms with Crippen LogP contribution >= 0.6 is 0 Å². The predicted molar refractivity (Wildman–Crippen MR) is 98.8 cm³/mol. The molecule has 2 aliphatic rings. The van der Waals surface area contributed by atoms with E-state index in [2.05, 4.69) is 29.0 Å². The predicted octanol–water partition coefficient (Wildman–Crippen LogP) is -0.585. The molecule has 0 spiro atoms. The Bertz CT molecular complexity index is 487. The van der Waals surface area contributed by atoms with Gasteiger partial charge in [-0.25, -0.2) is 0 Å². The zero-order chi connectivity index (χ0) is 16.1. The second-order valence-electron chi connectivity index (χ2n) is 7.62. The molecule has 2 aliphatic heterocycles. The lowest BCUT2D eigenvalue weighted by molar-refractivity contribution is -0.907. The van der Waals surface area contributed by atoms with Gasteiger partial charge in [0.2, 0.25) is 0 Å². The highest BCUT2D eigenvalue weighted by molar-refractivity contribution is 5.53. The van der Waals surface area contributed by atoms with Crippen molar-refractivity contribution in [3.05, 3.63) is 24.3 Å². The van der Waals surface area contributed by atoms with E-state index in [1.807, 2.05) is 12.1 Å². The molecule has 136 valence electrons. The summed E-state index contributed by atoms with van der Waals surface area (Å²) in [5, 5.41) is 0. The lowest BCUT2D eigenvalue weighted by atomic mass is 10.2. The second-order valence-corrected chi connectivity index (χ2v) is 7.62. The molecule has 2 heterocycles. The molecule has 0 radical (unpaired) electrons. The van der Waals surface area contributed by atoms with Crippen molar-refractivity contribution in [1.29, 1.82) is 0 Å². The summed E-state index contributed by atoms with van der Waals surface area (Å²) < 4.78 is 1.24. The van der Waals surface area contributed by atoms with Crippen LogP contribution in [0.25, 0.3) is 0 Å². The summed E-state index contributed by atoms with van der Waals surface area (Å²) in [5.74, 6) is 0. The Morgan fingerprint density at radius 1 is 0.958 bits per heavy atom. The van der Waals surface area contributed by atoms with Gasteiger partial charge in [0.1, 0.15) is 0 Å². The Hall–Kier alpha value is -0.970. The third-order valence-electron chi connectivity index (χ3n) is 5.66. The maximum atomic E-state index is 5.81. The van der Waals surface area contributed by atoms with E-state index < -0.39 is 0 Å². The van der Waals surface area contributed by atoms with E-state index >= 15 is 0 Å². The van der Waals surface area contributed by atoms with Crippen molar-refractivity contribution in [1.82, 2.24) is 4.90 Å². The first kappa shape index (κ1) is 19.4. The van der Waals surface area contributed by atoms with Gasteiger partial charge >= 0.3 is 0 Å². The van der Waals surface area contributed by atoms with Crippen LogP contribution in [0.15, 0.2) is 24.3 Å². The molecule has 1 atom stereocenters. The molecule has 1 aromatic rings. The van der Waals surface area contributed by atoms with Crippen LogP contribution in [-0.2, 0) is 0 Å². The minimum Gasteiger partial charge on any atom is -1.00 e. The van der Waals surface area contributed by atoms with Crippen molar-refractivity contribution < 1.29 is 16.9 Å². The summed E-state index contributed by atoms with van der Waals surface area (Å²) in [6, 6.07) is 8.37. The molecule has 2 saturated heterocycles. The third kappa shape index (κ3) is 5.27. The van der Waals surface area contributed by atoms with Gasteiger partial charge in [0.25, 0.3) is 0 Å². The van der Waals surface area contributed by atoms with Crippen LogP contribution < -0.4 is 23.0 Å². The summed E-state index contributed by atoms with van der Waals surface area (Å²) in [4.78, 5) is 5.17. The van der Waals surface area contributed by atoms with Crippen molar-refractivity contribution in [2.24, 2.45) is 0 Å². The lowest BCUT2D eigenvalue weighted by Gasteiger charge is -2.34. The molecule has 3 rings (SSSR count). The van der Waals surface area contributed by atoms with Crippen molar-refractivity contribution in [2.75, 3.05) is 70.0 Å². The molecule has 0 aromatic heterocycles. The molecule has 0 amide bonds. The molecule has 4 nitrogen and oxygen atoms in total. The number of halogens is 1. The van der Waals surface area contributed by atoms with Crippen molar-refractivity contribution in [3.63, 3.8) is 0 Å². The number of rotatable bonds is 5. The van der Waals surface area contributed by atoms with Crippen LogP contribution in [-0.4, -0.2) is 68.8 Å². The van der Waals surface area contributed by atoms with Crippen molar-refractivity contribution in [3.8, 4) is 0 Å². The number of likely N-dealkylation sites (N-methyl/N-ethyl adjacent to an activating group) is 1.